The first-order valence-corrected chi connectivity index (χ1v) is 6.43. The number of halogens is 4. The van der Waals surface area contributed by atoms with Crippen molar-refractivity contribution in [1.29, 1.82) is 0 Å². The van der Waals surface area contributed by atoms with Crippen LogP contribution in [-0.2, 0) is 0 Å². The van der Waals surface area contributed by atoms with Gasteiger partial charge in [0.1, 0.15) is 5.75 Å². The van der Waals surface area contributed by atoms with Gasteiger partial charge in [0.05, 0.1) is 10.0 Å². The predicted octanol–water partition coefficient (Wildman–Crippen LogP) is 3.87. The van der Waals surface area contributed by atoms with Crippen LogP contribution in [0.3, 0.4) is 0 Å². The van der Waals surface area contributed by atoms with Gasteiger partial charge in [-0.15, -0.1) is 13.2 Å². The lowest BCUT2D eigenvalue weighted by molar-refractivity contribution is -0.274. The number of rotatable bonds is 2. The molecule has 0 unspecified atom stereocenters. The van der Waals surface area contributed by atoms with E-state index in [9.17, 15) is 13.2 Å². The number of benzene rings is 1. The van der Waals surface area contributed by atoms with E-state index in [2.05, 4.69) is 31.0 Å². The molecule has 3 N–H and O–H groups in total. The van der Waals surface area contributed by atoms with Gasteiger partial charge in [-0.1, -0.05) is 0 Å². The van der Waals surface area contributed by atoms with Crippen molar-refractivity contribution in [2.24, 2.45) is 10.7 Å². The molecule has 0 saturated carbocycles. The van der Waals surface area contributed by atoms with Crippen LogP contribution in [0.2, 0.25) is 0 Å². The predicted molar refractivity (Wildman–Crippen MR) is 75.8 cm³/mol. The van der Waals surface area contributed by atoms with Crippen molar-refractivity contribution in [2.75, 3.05) is 5.32 Å². The Labute approximate surface area is 123 Å². The van der Waals surface area contributed by atoms with E-state index < -0.39 is 6.36 Å². The normalized spacial score (nSPS) is 13.2. The van der Waals surface area contributed by atoms with Crippen LogP contribution < -0.4 is 15.8 Å². The zero-order valence-electron chi connectivity index (χ0n) is 11.2. The number of nitrogens with one attached hydrogen (secondary N) is 1. The van der Waals surface area contributed by atoms with Gasteiger partial charge in [-0.3, -0.25) is 0 Å². The third kappa shape index (κ3) is 6.14. The summed E-state index contributed by atoms with van der Waals surface area (Å²) in [5, 5.41) is 2.79. The first-order chi connectivity index (χ1) is 8.96. The molecule has 1 aromatic rings. The summed E-state index contributed by atoms with van der Waals surface area (Å²) in [6.07, 6.45) is -4.73. The van der Waals surface area contributed by atoms with Gasteiger partial charge in [-0.25, -0.2) is 4.99 Å². The fourth-order valence-electron chi connectivity index (χ4n) is 1.32. The van der Waals surface area contributed by atoms with E-state index in [4.69, 9.17) is 5.73 Å². The van der Waals surface area contributed by atoms with E-state index in [1.807, 2.05) is 20.8 Å². The highest BCUT2D eigenvalue weighted by atomic mass is 79.9. The minimum Gasteiger partial charge on any atom is -0.405 e. The number of ether oxygens (including phenoxy) is 1. The second-order valence-corrected chi connectivity index (χ2v) is 5.84. The van der Waals surface area contributed by atoms with E-state index in [-0.39, 0.29) is 21.7 Å². The van der Waals surface area contributed by atoms with Gasteiger partial charge in [-0.05, 0) is 54.9 Å². The molecule has 0 heterocycles. The Bertz CT molecular complexity index is 510. The second kappa shape index (κ2) is 5.90. The van der Waals surface area contributed by atoms with E-state index in [1.54, 1.807) is 0 Å². The Kier molecular flexibility index (Phi) is 4.90. The Morgan fingerprint density at radius 2 is 1.90 bits per heavy atom. The van der Waals surface area contributed by atoms with Crippen LogP contribution in [0.1, 0.15) is 20.8 Å². The molecular formula is C12H15BrF3N3O. The van der Waals surface area contributed by atoms with Crippen LogP contribution in [0, 0.1) is 0 Å². The highest BCUT2D eigenvalue weighted by Crippen LogP contribution is 2.32. The summed E-state index contributed by atoms with van der Waals surface area (Å²) >= 11 is 3.01. The second-order valence-electron chi connectivity index (χ2n) is 4.99. The molecule has 112 valence electrons. The number of nitrogens with zero attached hydrogens (tertiary/aromatic N) is 1. The number of hydrogen-bond donors (Lipinski definition) is 2. The number of guanidine groups is 1. The standard InChI is InChI=1S/C12H15BrF3N3O/c1-11(2,3)19-10(17)18-7-4-5-9(8(13)6-7)20-12(14,15)16/h4-6H,1-3H3,(H3,17,18,19). The Balaban J connectivity index is 2.86. The maximum atomic E-state index is 12.1. The fraction of sp³-hybridized carbons (Fsp3) is 0.417. The molecule has 0 bridgehead atoms. The molecule has 1 aromatic carbocycles. The average Bonchev–Trinajstić information content (AvgIpc) is 2.17. The van der Waals surface area contributed by atoms with Crippen LogP contribution in [0.4, 0.5) is 18.9 Å². The summed E-state index contributed by atoms with van der Waals surface area (Å²) in [7, 11) is 0. The van der Waals surface area contributed by atoms with Gasteiger partial charge < -0.3 is 15.8 Å². The van der Waals surface area contributed by atoms with Gasteiger partial charge >= 0.3 is 6.36 Å². The summed E-state index contributed by atoms with van der Waals surface area (Å²) in [5.41, 5.74) is 5.84. The number of alkyl halides is 3. The first kappa shape index (κ1) is 16.6. The van der Waals surface area contributed by atoms with E-state index in [0.29, 0.717) is 5.69 Å². The number of hydrogen-bond acceptors (Lipinski definition) is 2. The number of anilines is 1. The number of nitrogens with two attached hydrogens (primary N) is 1. The van der Waals surface area contributed by atoms with Crippen molar-refractivity contribution in [1.82, 2.24) is 0 Å². The lowest BCUT2D eigenvalue weighted by Gasteiger charge is -2.15. The molecule has 0 fully saturated rings. The first-order valence-electron chi connectivity index (χ1n) is 5.64. The highest BCUT2D eigenvalue weighted by Gasteiger charge is 2.31. The molecule has 1 rings (SSSR count). The van der Waals surface area contributed by atoms with Gasteiger partial charge in [-0.2, -0.15) is 0 Å². The molecule has 0 amide bonds. The summed E-state index contributed by atoms with van der Waals surface area (Å²) in [6.45, 7) is 5.62. The van der Waals surface area contributed by atoms with Gasteiger partial charge in [0, 0.05) is 5.69 Å². The van der Waals surface area contributed by atoms with Crippen molar-refractivity contribution in [3.63, 3.8) is 0 Å². The van der Waals surface area contributed by atoms with Crippen LogP contribution >= 0.6 is 15.9 Å². The van der Waals surface area contributed by atoms with Crippen LogP contribution in [0.15, 0.2) is 27.7 Å². The molecule has 20 heavy (non-hydrogen) atoms. The zero-order valence-corrected chi connectivity index (χ0v) is 12.8. The summed E-state index contributed by atoms with van der Waals surface area (Å²) in [5.74, 6) is -0.150. The van der Waals surface area contributed by atoms with Crippen LogP contribution in [0.25, 0.3) is 0 Å². The summed E-state index contributed by atoms with van der Waals surface area (Å²) in [6, 6.07) is 4.02. The Morgan fingerprint density at radius 1 is 1.30 bits per heavy atom. The Morgan fingerprint density at radius 3 is 2.35 bits per heavy atom. The molecule has 0 spiro atoms. The van der Waals surface area contributed by atoms with Crippen LogP contribution in [0.5, 0.6) is 5.75 Å². The molecule has 0 aliphatic carbocycles. The third-order valence-electron chi connectivity index (χ3n) is 1.89. The minimum atomic E-state index is -4.73. The SMILES string of the molecule is CC(C)(C)N=C(N)Nc1ccc(OC(F)(F)F)c(Br)c1. The fourth-order valence-corrected chi connectivity index (χ4v) is 1.78. The monoisotopic (exact) mass is 353 g/mol. The third-order valence-corrected chi connectivity index (χ3v) is 2.51. The smallest absolute Gasteiger partial charge is 0.405 e. The molecular weight excluding hydrogens is 339 g/mol. The van der Waals surface area contributed by atoms with Crippen molar-refractivity contribution in [2.45, 2.75) is 32.7 Å². The van der Waals surface area contributed by atoms with E-state index >= 15 is 0 Å². The lowest BCUT2D eigenvalue weighted by Crippen LogP contribution is -2.27. The molecule has 0 aliphatic heterocycles. The maximum absolute atomic E-state index is 12.1. The highest BCUT2D eigenvalue weighted by molar-refractivity contribution is 9.10. The summed E-state index contributed by atoms with van der Waals surface area (Å²) in [4.78, 5) is 4.17. The van der Waals surface area contributed by atoms with Crippen molar-refractivity contribution in [3.8, 4) is 5.75 Å². The molecule has 0 atom stereocenters. The largest absolute Gasteiger partial charge is 0.573 e. The maximum Gasteiger partial charge on any atom is 0.573 e. The van der Waals surface area contributed by atoms with Gasteiger partial charge in [0.25, 0.3) is 0 Å². The van der Waals surface area contributed by atoms with Gasteiger partial charge in [0.2, 0.25) is 0 Å². The number of aliphatic imine (C=N–C) groups is 1. The molecule has 4 nitrogen and oxygen atoms in total. The lowest BCUT2D eigenvalue weighted by atomic mass is 10.1. The minimum absolute atomic E-state index is 0.156. The zero-order chi connectivity index (χ0) is 15.6. The molecule has 0 radical (unpaired) electrons. The molecule has 0 saturated heterocycles. The molecule has 8 heteroatoms. The van der Waals surface area contributed by atoms with Crippen LogP contribution in [-0.4, -0.2) is 17.9 Å². The summed E-state index contributed by atoms with van der Waals surface area (Å²) < 4.78 is 40.4. The molecule has 0 aliphatic rings. The molecule has 0 aromatic heterocycles. The average molecular weight is 354 g/mol. The van der Waals surface area contributed by atoms with Crippen molar-refractivity contribution in [3.05, 3.63) is 22.7 Å². The Hall–Kier alpha value is -1.44. The van der Waals surface area contributed by atoms with Gasteiger partial charge in [0.15, 0.2) is 5.96 Å². The quantitative estimate of drug-likeness (QED) is 0.626. The van der Waals surface area contributed by atoms with E-state index in [0.717, 1.165) is 0 Å². The topological polar surface area (TPSA) is 59.6 Å². The van der Waals surface area contributed by atoms with E-state index in [1.165, 1.54) is 18.2 Å². The van der Waals surface area contributed by atoms with Crippen molar-refractivity contribution >= 4 is 27.6 Å². The van der Waals surface area contributed by atoms with Crippen molar-refractivity contribution < 1.29 is 17.9 Å².